The van der Waals surface area contributed by atoms with Gasteiger partial charge in [-0.3, -0.25) is 0 Å². The van der Waals surface area contributed by atoms with Gasteiger partial charge in [-0.05, 0) is 47.2 Å². The monoisotopic (exact) mass is 324 g/mol. The Balaban J connectivity index is 1.76. The van der Waals surface area contributed by atoms with E-state index in [1.165, 1.54) is 10.8 Å². The third kappa shape index (κ3) is 2.48. The number of aromatic amines is 2. The van der Waals surface area contributed by atoms with Gasteiger partial charge in [-0.25, -0.2) is 9.98 Å². The highest BCUT2D eigenvalue weighted by Crippen LogP contribution is 2.36. The molecule has 4 nitrogen and oxygen atoms in total. The lowest BCUT2D eigenvalue weighted by Gasteiger charge is -2.04. The van der Waals surface area contributed by atoms with Crippen molar-refractivity contribution in [2.24, 2.45) is 9.98 Å². The standard InChI is InChI=1S/C21H16N4/c1-2-6-15-12-19-18(11-14(15)5-1)24-20(16-7-3-9-22-16)13-21(25-19)17-8-4-10-23-17/h1-12,22-23H,13H2. The van der Waals surface area contributed by atoms with Gasteiger partial charge in [0.15, 0.2) is 0 Å². The number of nitrogens with zero attached hydrogens (tertiary/aromatic N) is 2. The smallest absolute Gasteiger partial charge is 0.0897 e. The highest BCUT2D eigenvalue weighted by atomic mass is 14.9. The van der Waals surface area contributed by atoms with Gasteiger partial charge in [0.25, 0.3) is 0 Å². The number of aliphatic imine (C=N–C) groups is 2. The maximum Gasteiger partial charge on any atom is 0.0897 e. The van der Waals surface area contributed by atoms with Gasteiger partial charge in [0.1, 0.15) is 0 Å². The molecule has 0 atom stereocenters. The summed E-state index contributed by atoms with van der Waals surface area (Å²) in [4.78, 5) is 16.4. The lowest BCUT2D eigenvalue weighted by Crippen LogP contribution is -2.10. The molecule has 0 unspecified atom stereocenters. The number of H-pyrrole nitrogens is 2. The lowest BCUT2D eigenvalue weighted by atomic mass is 10.1. The van der Waals surface area contributed by atoms with Crippen molar-refractivity contribution >= 4 is 33.6 Å². The van der Waals surface area contributed by atoms with E-state index in [2.05, 4.69) is 58.5 Å². The van der Waals surface area contributed by atoms with Crippen LogP contribution in [0.5, 0.6) is 0 Å². The first kappa shape index (κ1) is 14.0. The van der Waals surface area contributed by atoms with Crippen molar-refractivity contribution in [3.8, 4) is 0 Å². The van der Waals surface area contributed by atoms with E-state index in [4.69, 9.17) is 9.98 Å². The highest BCUT2D eigenvalue weighted by molar-refractivity contribution is 6.19. The molecule has 1 aliphatic rings. The van der Waals surface area contributed by atoms with Crippen LogP contribution in [0.1, 0.15) is 17.8 Å². The Morgan fingerprint density at radius 3 is 1.60 bits per heavy atom. The first-order chi connectivity index (χ1) is 12.4. The molecular weight excluding hydrogens is 308 g/mol. The molecule has 0 saturated carbocycles. The van der Waals surface area contributed by atoms with E-state index in [-0.39, 0.29) is 0 Å². The molecular formula is C21H16N4. The van der Waals surface area contributed by atoms with Gasteiger partial charge in [-0.2, -0.15) is 0 Å². The molecule has 0 fully saturated rings. The van der Waals surface area contributed by atoms with Crippen LogP contribution in [0.2, 0.25) is 0 Å². The van der Waals surface area contributed by atoms with Gasteiger partial charge in [-0.15, -0.1) is 0 Å². The van der Waals surface area contributed by atoms with Crippen molar-refractivity contribution < 1.29 is 0 Å². The van der Waals surface area contributed by atoms with E-state index in [0.29, 0.717) is 6.42 Å². The van der Waals surface area contributed by atoms with Crippen molar-refractivity contribution in [2.45, 2.75) is 6.42 Å². The van der Waals surface area contributed by atoms with Gasteiger partial charge in [-0.1, -0.05) is 24.3 Å². The topological polar surface area (TPSA) is 56.3 Å². The average molecular weight is 324 g/mol. The summed E-state index contributed by atoms with van der Waals surface area (Å²) in [5.41, 5.74) is 5.86. The molecule has 4 heteroatoms. The van der Waals surface area contributed by atoms with Gasteiger partial charge in [0, 0.05) is 18.8 Å². The molecule has 0 amide bonds. The van der Waals surface area contributed by atoms with Crippen molar-refractivity contribution in [2.75, 3.05) is 0 Å². The van der Waals surface area contributed by atoms with Crippen LogP contribution < -0.4 is 0 Å². The Hall–Kier alpha value is -3.40. The normalized spacial score (nSPS) is 13.9. The Labute approximate surface area is 145 Å². The minimum absolute atomic E-state index is 0.673. The van der Waals surface area contributed by atoms with Gasteiger partial charge in [0.05, 0.1) is 34.2 Å². The first-order valence-electron chi connectivity index (χ1n) is 8.32. The van der Waals surface area contributed by atoms with E-state index in [1.807, 2.05) is 24.5 Å². The molecule has 2 N–H and O–H groups in total. The van der Waals surface area contributed by atoms with Crippen molar-refractivity contribution in [3.63, 3.8) is 0 Å². The van der Waals surface area contributed by atoms with Crippen LogP contribution in [0.4, 0.5) is 11.4 Å². The molecule has 4 aromatic rings. The largest absolute Gasteiger partial charge is 0.360 e. The van der Waals surface area contributed by atoms with Crippen LogP contribution in [0.3, 0.4) is 0 Å². The van der Waals surface area contributed by atoms with Crippen molar-refractivity contribution in [3.05, 3.63) is 84.4 Å². The number of nitrogens with one attached hydrogen (secondary N) is 2. The maximum absolute atomic E-state index is 4.95. The zero-order valence-corrected chi connectivity index (χ0v) is 13.5. The quantitative estimate of drug-likeness (QED) is 0.513. The molecule has 2 aromatic carbocycles. The number of aromatic nitrogens is 2. The van der Waals surface area contributed by atoms with Crippen molar-refractivity contribution in [1.29, 1.82) is 0 Å². The van der Waals surface area contributed by atoms with Crippen LogP contribution in [-0.4, -0.2) is 21.4 Å². The molecule has 0 aliphatic carbocycles. The summed E-state index contributed by atoms with van der Waals surface area (Å²) in [7, 11) is 0. The minimum atomic E-state index is 0.673. The molecule has 0 saturated heterocycles. The Kier molecular flexibility index (Phi) is 3.13. The summed E-state index contributed by atoms with van der Waals surface area (Å²) in [5.74, 6) is 0. The molecule has 0 radical (unpaired) electrons. The van der Waals surface area contributed by atoms with E-state index < -0.39 is 0 Å². The summed E-state index contributed by atoms with van der Waals surface area (Å²) in [6, 6.07) is 20.7. The van der Waals surface area contributed by atoms with Crippen molar-refractivity contribution in [1.82, 2.24) is 9.97 Å². The molecule has 0 spiro atoms. The van der Waals surface area contributed by atoms with Crippen LogP contribution in [-0.2, 0) is 0 Å². The van der Waals surface area contributed by atoms with Gasteiger partial charge in [0.2, 0.25) is 0 Å². The summed E-state index contributed by atoms with van der Waals surface area (Å²) >= 11 is 0. The first-order valence-corrected chi connectivity index (χ1v) is 8.32. The zero-order chi connectivity index (χ0) is 16.6. The average Bonchev–Trinajstić information content (AvgIpc) is 3.32. The summed E-state index contributed by atoms with van der Waals surface area (Å²) < 4.78 is 0. The fourth-order valence-corrected chi connectivity index (χ4v) is 3.25. The second kappa shape index (κ2) is 5.60. The predicted molar refractivity (Wildman–Crippen MR) is 103 cm³/mol. The SMILES string of the molecule is c1c[nH]c(C2=Nc3cc4ccccc4cc3N=C(c3ccc[nH]3)C2)c1. The van der Waals surface area contributed by atoms with Gasteiger partial charge < -0.3 is 9.97 Å². The van der Waals surface area contributed by atoms with E-state index in [9.17, 15) is 0 Å². The number of hydrogen-bond acceptors (Lipinski definition) is 2. The maximum atomic E-state index is 4.95. The van der Waals surface area contributed by atoms with Crippen LogP contribution >= 0.6 is 0 Å². The van der Waals surface area contributed by atoms with E-state index in [0.717, 1.165) is 34.2 Å². The molecule has 2 aromatic heterocycles. The van der Waals surface area contributed by atoms with E-state index in [1.54, 1.807) is 0 Å². The number of fused-ring (bicyclic) bond motifs is 2. The summed E-state index contributed by atoms with van der Waals surface area (Å²) in [6.45, 7) is 0. The molecule has 0 bridgehead atoms. The Morgan fingerprint density at radius 2 is 1.16 bits per heavy atom. The van der Waals surface area contributed by atoms with Crippen LogP contribution in [0, 0.1) is 0 Å². The molecule has 120 valence electrons. The fourth-order valence-electron chi connectivity index (χ4n) is 3.25. The second-order valence-corrected chi connectivity index (χ2v) is 6.15. The molecule has 5 rings (SSSR count). The van der Waals surface area contributed by atoms with Gasteiger partial charge >= 0.3 is 0 Å². The number of benzene rings is 2. The Bertz CT molecular complexity index is 1010. The lowest BCUT2D eigenvalue weighted by molar-refractivity contribution is 1.30. The highest BCUT2D eigenvalue weighted by Gasteiger charge is 2.18. The molecule has 25 heavy (non-hydrogen) atoms. The minimum Gasteiger partial charge on any atom is -0.360 e. The number of rotatable bonds is 2. The van der Waals surface area contributed by atoms with Crippen LogP contribution in [0.25, 0.3) is 10.8 Å². The second-order valence-electron chi connectivity index (χ2n) is 6.15. The van der Waals surface area contributed by atoms with Crippen LogP contribution in [0.15, 0.2) is 83.0 Å². The fraction of sp³-hybridized carbons (Fsp3) is 0.0476. The summed E-state index contributed by atoms with van der Waals surface area (Å²) in [5, 5.41) is 2.35. The summed E-state index contributed by atoms with van der Waals surface area (Å²) in [6.07, 6.45) is 4.52. The zero-order valence-electron chi connectivity index (χ0n) is 13.5. The third-order valence-electron chi connectivity index (χ3n) is 4.51. The molecule has 3 heterocycles. The Morgan fingerprint density at radius 1 is 0.640 bits per heavy atom. The third-order valence-corrected chi connectivity index (χ3v) is 4.51. The molecule has 1 aliphatic heterocycles. The predicted octanol–water partition coefficient (Wildman–Crippen LogP) is 5.14. The number of hydrogen-bond donors (Lipinski definition) is 2. The van der Waals surface area contributed by atoms with E-state index >= 15 is 0 Å².